The third-order valence-corrected chi connectivity index (χ3v) is 5.13. The monoisotopic (exact) mass is 412 g/mol. The van der Waals surface area contributed by atoms with Crippen molar-refractivity contribution < 1.29 is 17.6 Å². The summed E-state index contributed by atoms with van der Waals surface area (Å²) in [7, 11) is -1.74. The van der Waals surface area contributed by atoms with Crippen LogP contribution in [0.1, 0.15) is 11.7 Å². The zero-order chi connectivity index (χ0) is 20.6. The first kappa shape index (κ1) is 18.9. The van der Waals surface area contributed by atoms with Crippen molar-refractivity contribution in [2.24, 2.45) is 10.7 Å². The van der Waals surface area contributed by atoms with Crippen LogP contribution in [0, 0.1) is 0 Å². The highest BCUT2D eigenvalue weighted by atomic mass is 32.2. The summed E-state index contributed by atoms with van der Waals surface area (Å²) in [5, 5.41) is 0.715. The molecule has 0 amide bonds. The van der Waals surface area contributed by atoms with E-state index >= 15 is 0 Å². The fourth-order valence-electron chi connectivity index (χ4n) is 3.21. The van der Waals surface area contributed by atoms with Crippen LogP contribution in [-0.2, 0) is 10.0 Å². The van der Waals surface area contributed by atoms with Crippen LogP contribution < -0.4 is 30.9 Å². The first-order chi connectivity index (χ1) is 13.9. The highest BCUT2D eigenvalue weighted by Crippen LogP contribution is 2.33. The maximum Gasteiger partial charge on any atom is 0.229 e. The maximum absolute atomic E-state index is 11.4. The number of nitrogens with one attached hydrogen (secondary N) is 1. The molecule has 2 heterocycles. The van der Waals surface area contributed by atoms with Crippen molar-refractivity contribution in [2.45, 2.75) is 6.17 Å². The second kappa shape index (κ2) is 7.17. The SMILES string of the molecule is COc1ccc(N2C(N)=c3ccoc3=NC2c2ccc(NS(C)(=O)=O)cc2)cc1. The fraction of sp³-hybridized carbons (Fsp3) is 0.150. The molecule has 0 fully saturated rings. The highest BCUT2D eigenvalue weighted by molar-refractivity contribution is 7.92. The topological polar surface area (TPSA) is 110 Å². The van der Waals surface area contributed by atoms with Crippen molar-refractivity contribution in [2.75, 3.05) is 23.0 Å². The second-order valence-electron chi connectivity index (χ2n) is 6.59. The molecule has 8 nitrogen and oxygen atoms in total. The molecule has 150 valence electrons. The van der Waals surface area contributed by atoms with Gasteiger partial charge in [0.05, 0.1) is 24.8 Å². The van der Waals surface area contributed by atoms with Gasteiger partial charge in [-0.25, -0.2) is 13.4 Å². The number of methoxy groups -OCH3 is 1. The van der Waals surface area contributed by atoms with Crippen molar-refractivity contribution in [1.29, 1.82) is 0 Å². The Kier molecular flexibility index (Phi) is 4.67. The molecule has 1 aromatic heterocycles. The quantitative estimate of drug-likeness (QED) is 0.658. The molecule has 1 unspecified atom stereocenters. The van der Waals surface area contributed by atoms with E-state index in [0.717, 1.165) is 23.3 Å². The van der Waals surface area contributed by atoms with Crippen LogP contribution in [-0.4, -0.2) is 21.8 Å². The van der Waals surface area contributed by atoms with E-state index in [-0.39, 0.29) is 0 Å². The summed E-state index contributed by atoms with van der Waals surface area (Å²) >= 11 is 0. The standard InChI is InChI=1S/C20H20N4O4S/c1-27-16-9-7-15(8-10-16)24-18(21)17-11-12-28-20(17)22-19(24)13-3-5-14(6-4-13)23-29(2,25)26/h3-12,19,23H,21H2,1-2H3. The van der Waals surface area contributed by atoms with E-state index in [1.807, 2.05) is 29.2 Å². The normalized spacial score (nSPS) is 16.1. The Bertz CT molecular complexity index is 1250. The molecule has 1 aliphatic rings. The third kappa shape index (κ3) is 3.77. The number of ether oxygens (including phenoxy) is 1. The molecule has 0 spiro atoms. The molecule has 0 aliphatic carbocycles. The van der Waals surface area contributed by atoms with Gasteiger partial charge >= 0.3 is 0 Å². The molecule has 0 saturated carbocycles. The van der Waals surface area contributed by atoms with Crippen LogP contribution >= 0.6 is 0 Å². The molecule has 0 saturated heterocycles. The predicted octanol–water partition coefficient (Wildman–Crippen LogP) is 1.52. The number of hydrogen-bond acceptors (Lipinski definition) is 7. The summed E-state index contributed by atoms with van der Waals surface area (Å²) in [6, 6.07) is 16.3. The number of fused-ring (bicyclic) bond motifs is 1. The average molecular weight is 412 g/mol. The van der Waals surface area contributed by atoms with Crippen LogP contribution in [0.15, 0.2) is 70.3 Å². The first-order valence-corrected chi connectivity index (χ1v) is 10.7. The van der Waals surface area contributed by atoms with Crippen molar-refractivity contribution in [3.8, 4) is 5.75 Å². The minimum absolute atomic E-state index is 0.454. The molecule has 3 N–H and O–H groups in total. The van der Waals surface area contributed by atoms with E-state index in [1.165, 1.54) is 0 Å². The molecule has 9 heteroatoms. The third-order valence-electron chi connectivity index (χ3n) is 4.53. The number of nitrogens with zero attached hydrogens (tertiary/aromatic N) is 2. The Morgan fingerprint density at radius 2 is 1.79 bits per heavy atom. The van der Waals surface area contributed by atoms with Gasteiger partial charge in [-0.15, -0.1) is 0 Å². The molecular weight excluding hydrogens is 392 g/mol. The Labute approximate surface area is 168 Å². The Morgan fingerprint density at radius 3 is 2.41 bits per heavy atom. The molecular formula is C20H20N4O4S. The summed E-state index contributed by atoms with van der Waals surface area (Å²) in [4.78, 5) is 6.62. The van der Waals surface area contributed by atoms with Crippen LogP contribution in [0.4, 0.5) is 11.4 Å². The first-order valence-electron chi connectivity index (χ1n) is 8.78. The van der Waals surface area contributed by atoms with Gasteiger partial charge < -0.3 is 19.8 Å². The molecule has 1 aliphatic heterocycles. The molecule has 0 bridgehead atoms. The van der Waals surface area contributed by atoms with Crippen LogP contribution in [0.5, 0.6) is 5.75 Å². The molecule has 0 radical (unpaired) electrons. The number of benzene rings is 2. The average Bonchev–Trinajstić information content (AvgIpc) is 3.17. The molecule has 2 aromatic carbocycles. The number of rotatable bonds is 5. The smallest absolute Gasteiger partial charge is 0.229 e. The Hall–Kier alpha value is -3.46. The molecule has 1 atom stereocenters. The van der Waals surface area contributed by atoms with E-state index in [4.69, 9.17) is 19.9 Å². The summed E-state index contributed by atoms with van der Waals surface area (Å²) in [5.41, 5.74) is 9.06. The van der Waals surface area contributed by atoms with E-state index in [2.05, 4.69) is 4.72 Å². The summed E-state index contributed by atoms with van der Waals surface area (Å²) in [6.07, 6.45) is 2.18. The molecule has 3 aromatic rings. The zero-order valence-electron chi connectivity index (χ0n) is 15.9. The van der Waals surface area contributed by atoms with Gasteiger partial charge in [0, 0.05) is 11.4 Å². The maximum atomic E-state index is 11.4. The largest absolute Gasteiger partial charge is 0.497 e. The van der Waals surface area contributed by atoms with Gasteiger partial charge in [0.25, 0.3) is 0 Å². The van der Waals surface area contributed by atoms with Crippen LogP contribution in [0.3, 0.4) is 0 Å². The second-order valence-corrected chi connectivity index (χ2v) is 8.34. The number of furan rings is 1. The van der Waals surface area contributed by atoms with E-state index in [0.29, 0.717) is 22.3 Å². The highest BCUT2D eigenvalue weighted by Gasteiger charge is 2.27. The van der Waals surface area contributed by atoms with Gasteiger partial charge in [-0.2, -0.15) is 0 Å². The van der Waals surface area contributed by atoms with E-state index < -0.39 is 16.2 Å². The Balaban J connectivity index is 1.79. The van der Waals surface area contributed by atoms with Gasteiger partial charge in [-0.3, -0.25) is 4.72 Å². The zero-order valence-corrected chi connectivity index (χ0v) is 16.7. The van der Waals surface area contributed by atoms with Crippen LogP contribution in [0.25, 0.3) is 5.82 Å². The lowest BCUT2D eigenvalue weighted by Crippen LogP contribution is -2.43. The van der Waals surface area contributed by atoms with E-state index in [1.54, 1.807) is 43.7 Å². The molecule has 29 heavy (non-hydrogen) atoms. The van der Waals surface area contributed by atoms with Gasteiger partial charge in [0.15, 0.2) is 6.17 Å². The van der Waals surface area contributed by atoms with Gasteiger partial charge in [0.2, 0.25) is 15.6 Å². The summed E-state index contributed by atoms with van der Waals surface area (Å²) in [6.45, 7) is 0. The van der Waals surface area contributed by atoms with Crippen molar-refractivity contribution in [1.82, 2.24) is 0 Å². The fourth-order valence-corrected chi connectivity index (χ4v) is 3.77. The summed E-state index contributed by atoms with van der Waals surface area (Å²) in [5.74, 6) is 1.25. The number of sulfonamides is 1. The lowest BCUT2D eigenvalue weighted by molar-refractivity contribution is 0.415. The van der Waals surface area contributed by atoms with E-state index in [9.17, 15) is 8.42 Å². The minimum Gasteiger partial charge on any atom is -0.497 e. The van der Waals surface area contributed by atoms with Gasteiger partial charge in [-0.05, 0) is 48.0 Å². The van der Waals surface area contributed by atoms with Crippen molar-refractivity contribution >= 4 is 27.2 Å². The molecule has 4 rings (SSSR count). The lowest BCUT2D eigenvalue weighted by Gasteiger charge is -2.33. The number of hydrogen-bond donors (Lipinski definition) is 2. The minimum atomic E-state index is -3.35. The van der Waals surface area contributed by atoms with Crippen LogP contribution in [0.2, 0.25) is 0 Å². The summed E-state index contributed by atoms with van der Waals surface area (Å²) < 4.78 is 36.1. The van der Waals surface area contributed by atoms with Crippen molar-refractivity contribution in [3.05, 3.63) is 77.2 Å². The van der Waals surface area contributed by atoms with Crippen molar-refractivity contribution in [3.63, 3.8) is 0 Å². The van der Waals surface area contributed by atoms with Gasteiger partial charge in [-0.1, -0.05) is 12.1 Å². The van der Waals surface area contributed by atoms with Gasteiger partial charge in [0.1, 0.15) is 11.6 Å². The number of anilines is 2. The predicted molar refractivity (Wildman–Crippen MR) is 110 cm³/mol. The number of nitrogens with two attached hydrogens (primary N) is 1. The lowest BCUT2D eigenvalue weighted by atomic mass is 10.1. The Morgan fingerprint density at radius 1 is 1.10 bits per heavy atom.